The number of rotatable bonds is 7. The van der Waals surface area contributed by atoms with E-state index in [9.17, 15) is 9.18 Å². The first kappa shape index (κ1) is 21.1. The summed E-state index contributed by atoms with van der Waals surface area (Å²) in [6, 6.07) is 12.5. The number of nitrogens with zero attached hydrogens (tertiary/aromatic N) is 3. The molecule has 2 heterocycles. The molecule has 1 saturated carbocycles. The van der Waals surface area contributed by atoms with Crippen LogP contribution in [0.2, 0.25) is 0 Å². The fourth-order valence-corrected chi connectivity index (χ4v) is 4.00. The van der Waals surface area contributed by atoms with Crippen molar-refractivity contribution in [2.75, 3.05) is 25.9 Å². The van der Waals surface area contributed by atoms with Gasteiger partial charge in [0.05, 0.1) is 5.39 Å². The summed E-state index contributed by atoms with van der Waals surface area (Å²) in [6.07, 6.45) is 5.20. The van der Waals surface area contributed by atoms with Crippen LogP contribution in [-0.2, 0) is 0 Å². The van der Waals surface area contributed by atoms with Crippen LogP contribution in [0.15, 0.2) is 59.8 Å². The van der Waals surface area contributed by atoms with Crippen molar-refractivity contribution in [3.8, 4) is 22.7 Å². The van der Waals surface area contributed by atoms with E-state index in [4.69, 9.17) is 10.5 Å². The molecule has 0 bridgehead atoms. The third-order valence-electron chi connectivity index (χ3n) is 5.86. The third-order valence-corrected chi connectivity index (χ3v) is 5.86. The lowest BCUT2D eigenvalue weighted by Gasteiger charge is -2.14. The zero-order chi connectivity index (χ0) is 22.9. The van der Waals surface area contributed by atoms with Crippen LogP contribution in [0.5, 0.6) is 5.75 Å². The first-order chi connectivity index (χ1) is 16.1. The van der Waals surface area contributed by atoms with Gasteiger partial charge in [0.15, 0.2) is 11.6 Å². The van der Waals surface area contributed by atoms with Gasteiger partial charge in [-0.1, -0.05) is 18.2 Å². The Kier molecular flexibility index (Phi) is 5.51. The molecule has 7 nitrogen and oxygen atoms in total. The molecule has 0 saturated heterocycles. The quantitative estimate of drug-likeness (QED) is 0.422. The van der Waals surface area contributed by atoms with Crippen molar-refractivity contribution in [2.45, 2.75) is 18.8 Å². The summed E-state index contributed by atoms with van der Waals surface area (Å²) in [5.41, 5.74) is 8.41. The predicted molar refractivity (Wildman–Crippen MR) is 126 cm³/mol. The number of ether oxygens (including phenoxy) is 1. The second kappa shape index (κ2) is 8.63. The number of benzene rings is 2. The van der Waals surface area contributed by atoms with Crippen LogP contribution in [-0.4, -0.2) is 34.7 Å². The van der Waals surface area contributed by atoms with E-state index in [0.717, 1.165) is 18.4 Å². The normalized spacial score (nSPS) is 13.4. The second-order valence-electron chi connectivity index (χ2n) is 8.17. The molecule has 1 aliphatic carbocycles. The molecule has 3 N–H and O–H groups in total. The van der Waals surface area contributed by atoms with E-state index in [2.05, 4.69) is 15.3 Å². The van der Waals surface area contributed by atoms with Crippen LogP contribution >= 0.6 is 0 Å². The van der Waals surface area contributed by atoms with Crippen LogP contribution in [0.4, 0.5) is 10.2 Å². The summed E-state index contributed by atoms with van der Waals surface area (Å²) in [5, 5.41) is 3.73. The first-order valence-corrected chi connectivity index (χ1v) is 10.9. The van der Waals surface area contributed by atoms with Crippen LogP contribution in [0.25, 0.3) is 27.7 Å². The standard InChI is InChI=1S/C25H24FN5O2/c1-28-8-10-33-23-22(29-14-30-24(23)27)17-3-2-4-19(12-17)31-9-7-16-11-18(15-5-6-15)13-20(26)21(16)25(31)32/h2-4,7,9,11-15,28H,5-6,8,10H2,1H3,(H2,27,29,30). The Bertz CT molecular complexity index is 1400. The minimum Gasteiger partial charge on any atom is -0.486 e. The average Bonchev–Trinajstić information content (AvgIpc) is 3.66. The minimum absolute atomic E-state index is 0.0923. The second-order valence-corrected chi connectivity index (χ2v) is 8.17. The van der Waals surface area contributed by atoms with Gasteiger partial charge in [0.25, 0.3) is 5.56 Å². The van der Waals surface area contributed by atoms with E-state index in [0.29, 0.717) is 47.2 Å². The Morgan fingerprint density at radius 3 is 2.85 bits per heavy atom. The number of halogens is 1. The van der Waals surface area contributed by atoms with E-state index in [-0.39, 0.29) is 11.2 Å². The topological polar surface area (TPSA) is 95.1 Å². The molecule has 0 atom stereocenters. The Balaban J connectivity index is 1.57. The monoisotopic (exact) mass is 445 g/mol. The van der Waals surface area contributed by atoms with Crippen molar-refractivity contribution in [1.82, 2.24) is 19.9 Å². The van der Waals surface area contributed by atoms with E-state index in [1.807, 2.05) is 25.2 Å². The lowest BCUT2D eigenvalue weighted by molar-refractivity contribution is 0.319. The molecule has 4 aromatic rings. The molecular weight excluding hydrogens is 421 g/mol. The van der Waals surface area contributed by atoms with E-state index >= 15 is 0 Å². The summed E-state index contributed by atoms with van der Waals surface area (Å²) >= 11 is 0. The van der Waals surface area contributed by atoms with Crippen molar-refractivity contribution < 1.29 is 9.13 Å². The fourth-order valence-electron chi connectivity index (χ4n) is 4.00. The van der Waals surface area contributed by atoms with Gasteiger partial charge in [0.2, 0.25) is 0 Å². The van der Waals surface area contributed by atoms with Crippen LogP contribution in [0, 0.1) is 5.82 Å². The summed E-state index contributed by atoms with van der Waals surface area (Å²) in [5.74, 6) is 0.550. The SMILES string of the molecule is CNCCOc1c(N)ncnc1-c1cccc(-n2ccc3cc(C4CC4)cc(F)c3c2=O)c1. The number of anilines is 1. The molecule has 33 heavy (non-hydrogen) atoms. The number of hydrogen-bond donors (Lipinski definition) is 2. The molecule has 0 spiro atoms. The largest absolute Gasteiger partial charge is 0.486 e. The summed E-state index contributed by atoms with van der Waals surface area (Å²) in [6.45, 7) is 1.03. The number of nitrogens with one attached hydrogen (secondary N) is 1. The van der Waals surface area contributed by atoms with Gasteiger partial charge in [-0.05, 0) is 61.0 Å². The maximum atomic E-state index is 14.9. The highest BCUT2D eigenvalue weighted by molar-refractivity contribution is 5.83. The highest BCUT2D eigenvalue weighted by Gasteiger charge is 2.25. The van der Waals surface area contributed by atoms with E-state index in [1.54, 1.807) is 24.4 Å². The van der Waals surface area contributed by atoms with Crippen LogP contribution in [0.3, 0.4) is 0 Å². The maximum Gasteiger partial charge on any atom is 0.265 e. The number of likely N-dealkylation sites (N-methyl/N-ethyl adjacent to an activating group) is 1. The molecule has 1 fully saturated rings. The van der Waals surface area contributed by atoms with Gasteiger partial charge in [-0.3, -0.25) is 9.36 Å². The molecule has 0 aliphatic heterocycles. The van der Waals surface area contributed by atoms with Crippen molar-refractivity contribution in [3.05, 3.63) is 76.7 Å². The van der Waals surface area contributed by atoms with Gasteiger partial charge in [-0.15, -0.1) is 0 Å². The van der Waals surface area contributed by atoms with Gasteiger partial charge in [0, 0.05) is 24.0 Å². The lowest BCUT2D eigenvalue weighted by atomic mass is 10.0. The molecule has 2 aromatic heterocycles. The molecule has 8 heteroatoms. The highest BCUT2D eigenvalue weighted by atomic mass is 19.1. The maximum absolute atomic E-state index is 14.9. The van der Waals surface area contributed by atoms with Crippen LogP contribution < -0.4 is 21.3 Å². The predicted octanol–water partition coefficient (Wildman–Crippen LogP) is 3.64. The van der Waals surface area contributed by atoms with Crippen molar-refractivity contribution in [3.63, 3.8) is 0 Å². The smallest absolute Gasteiger partial charge is 0.265 e. The van der Waals surface area contributed by atoms with Gasteiger partial charge >= 0.3 is 0 Å². The molecule has 2 aromatic carbocycles. The Hall–Kier alpha value is -3.78. The molecule has 0 radical (unpaired) electrons. The number of pyridine rings is 1. The number of hydrogen-bond acceptors (Lipinski definition) is 6. The molecule has 1 aliphatic rings. The van der Waals surface area contributed by atoms with Crippen LogP contribution in [0.1, 0.15) is 24.3 Å². The molecular formula is C25H24FN5O2. The summed E-state index contributed by atoms with van der Waals surface area (Å²) in [4.78, 5) is 21.6. The number of nitrogens with two attached hydrogens (primary N) is 1. The summed E-state index contributed by atoms with van der Waals surface area (Å²) < 4.78 is 22.2. The van der Waals surface area contributed by atoms with Crippen molar-refractivity contribution in [1.29, 1.82) is 0 Å². The molecule has 5 rings (SSSR count). The van der Waals surface area contributed by atoms with Crippen molar-refractivity contribution in [2.24, 2.45) is 0 Å². The lowest BCUT2D eigenvalue weighted by Crippen LogP contribution is -2.19. The third kappa shape index (κ3) is 4.05. The minimum atomic E-state index is -0.478. The Morgan fingerprint density at radius 1 is 1.21 bits per heavy atom. The fraction of sp³-hybridized carbons (Fsp3) is 0.240. The molecule has 0 amide bonds. The molecule has 0 unspecified atom stereocenters. The van der Waals surface area contributed by atoms with E-state index < -0.39 is 11.4 Å². The van der Waals surface area contributed by atoms with Gasteiger partial charge in [-0.2, -0.15) is 0 Å². The van der Waals surface area contributed by atoms with Crippen molar-refractivity contribution >= 4 is 16.6 Å². The van der Waals surface area contributed by atoms with Gasteiger partial charge in [-0.25, -0.2) is 14.4 Å². The highest BCUT2D eigenvalue weighted by Crippen LogP contribution is 2.41. The zero-order valence-electron chi connectivity index (χ0n) is 18.2. The Labute approximate surface area is 190 Å². The first-order valence-electron chi connectivity index (χ1n) is 10.9. The average molecular weight is 445 g/mol. The molecule has 168 valence electrons. The van der Waals surface area contributed by atoms with E-state index in [1.165, 1.54) is 17.0 Å². The number of aromatic nitrogens is 3. The summed E-state index contributed by atoms with van der Waals surface area (Å²) in [7, 11) is 1.83. The van der Waals surface area contributed by atoms with Gasteiger partial charge < -0.3 is 15.8 Å². The zero-order valence-corrected chi connectivity index (χ0v) is 18.2. The number of fused-ring (bicyclic) bond motifs is 1. The Morgan fingerprint density at radius 2 is 2.06 bits per heavy atom. The van der Waals surface area contributed by atoms with Gasteiger partial charge in [0.1, 0.15) is 24.4 Å². The number of nitrogen functional groups attached to an aromatic ring is 1.